The molecule has 3 rings (SSSR count). The third-order valence-corrected chi connectivity index (χ3v) is 4.27. The lowest BCUT2D eigenvalue weighted by atomic mass is 10.2. The Morgan fingerprint density at radius 3 is 2.73 bits per heavy atom. The number of nitrogens with one attached hydrogen (secondary N) is 1. The molecule has 138 valence electrons. The van der Waals surface area contributed by atoms with E-state index in [1.807, 2.05) is 26.0 Å². The Hall–Kier alpha value is -2.76. The second-order valence-electron chi connectivity index (χ2n) is 6.79. The van der Waals surface area contributed by atoms with Crippen molar-refractivity contribution in [2.24, 2.45) is 11.0 Å². The molecule has 26 heavy (non-hydrogen) atoms. The molecule has 1 amide bonds. The van der Waals surface area contributed by atoms with Crippen LogP contribution in [0, 0.1) is 5.92 Å². The Morgan fingerprint density at radius 2 is 2.08 bits per heavy atom. The standard InChI is InChI=1S/C20H24N2O4/c1-12(2)25-18-7-5-14(10-19(18)24-4)20(23)22-21-11-15-6-8-17(26-15)16-9-13(16)3/h5-8,10-13,16H,9H2,1-4H3,(H,22,23)/b21-11-/t13-,16-/m0/s1. The van der Waals surface area contributed by atoms with Crippen LogP contribution < -0.4 is 14.9 Å². The molecule has 0 radical (unpaired) electrons. The van der Waals surface area contributed by atoms with Gasteiger partial charge in [-0.25, -0.2) is 5.43 Å². The van der Waals surface area contributed by atoms with E-state index >= 15 is 0 Å². The number of furan rings is 1. The Labute approximate surface area is 153 Å². The fourth-order valence-corrected chi connectivity index (χ4v) is 2.73. The maximum absolute atomic E-state index is 12.3. The number of carbonyl (C=O) groups excluding carboxylic acids is 1. The highest BCUT2D eigenvalue weighted by Crippen LogP contribution is 2.47. The lowest BCUT2D eigenvalue weighted by Gasteiger charge is -2.14. The quantitative estimate of drug-likeness (QED) is 0.602. The van der Waals surface area contributed by atoms with Crippen molar-refractivity contribution in [1.82, 2.24) is 5.43 Å². The smallest absolute Gasteiger partial charge is 0.271 e. The summed E-state index contributed by atoms with van der Waals surface area (Å²) in [5.41, 5.74) is 2.93. The predicted molar refractivity (Wildman–Crippen MR) is 99.0 cm³/mol. The van der Waals surface area contributed by atoms with Gasteiger partial charge in [0.25, 0.3) is 5.91 Å². The highest BCUT2D eigenvalue weighted by atomic mass is 16.5. The summed E-state index contributed by atoms with van der Waals surface area (Å²) in [6.07, 6.45) is 2.69. The molecule has 2 atom stereocenters. The Bertz CT molecular complexity index is 810. The van der Waals surface area contributed by atoms with E-state index in [4.69, 9.17) is 13.9 Å². The van der Waals surface area contributed by atoms with Gasteiger partial charge >= 0.3 is 0 Å². The number of ether oxygens (including phenoxy) is 2. The van der Waals surface area contributed by atoms with Crippen molar-refractivity contribution in [3.05, 3.63) is 47.4 Å². The number of hydrogen-bond acceptors (Lipinski definition) is 5. The topological polar surface area (TPSA) is 73.1 Å². The number of methoxy groups -OCH3 is 1. The molecular formula is C20H24N2O4. The summed E-state index contributed by atoms with van der Waals surface area (Å²) in [6, 6.07) is 8.84. The van der Waals surface area contributed by atoms with Crippen LogP contribution in [0.15, 0.2) is 39.9 Å². The fraction of sp³-hybridized carbons (Fsp3) is 0.400. The zero-order valence-electron chi connectivity index (χ0n) is 15.5. The van der Waals surface area contributed by atoms with Gasteiger partial charge in [-0.3, -0.25) is 4.79 Å². The van der Waals surface area contributed by atoms with E-state index in [1.165, 1.54) is 19.7 Å². The van der Waals surface area contributed by atoms with Crippen LogP contribution >= 0.6 is 0 Å². The number of hydrazone groups is 1. The van der Waals surface area contributed by atoms with Crippen LogP contribution in [0.2, 0.25) is 0 Å². The van der Waals surface area contributed by atoms with Crippen LogP contribution in [-0.2, 0) is 0 Å². The van der Waals surface area contributed by atoms with Gasteiger partial charge < -0.3 is 13.9 Å². The summed E-state index contributed by atoms with van der Waals surface area (Å²) in [5.74, 6) is 3.57. The number of hydrogen-bond donors (Lipinski definition) is 1. The average Bonchev–Trinajstić information content (AvgIpc) is 3.15. The molecule has 0 bridgehead atoms. The molecule has 1 aromatic carbocycles. The molecule has 1 saturated carbocycles. The molecule has 6 heteroatoms. The Morgan fingerprint density at radius 1 is 1.31 bits per heavy atom. The normalized spacial score (nSPS) is 19.0. The van der Waals surface area contributed by atoms with Gasteiger partial charge in [-0.15, -0.1) is 0 Å². The minimum atomic E-state index is -0.335. The fourth-order valence-electron chi connectivity index (χ4n) is 2.73. The predicted octanol–water partition coefficient (Wildman–Crippen LogP) is 3.96. The lowest BCUT2D eigenvalue weighted by Crippen LogP contribution is -2.17. The number of nitrogens with zero attached hydrogens (tertiary/aromatic N) is 1. The van der Waals surface area contributed by atoms with Crippen LogP contribution in [-0.4, -0.2) is 25.3 Å². The van der Waals surface area contributed by atoms with Crippen LogP contribution in [0.3, 0.4) is 0 Å². The first kappa shape index (κ1) is 18.0. The summed E-state index contributed by atoms with van der Waals surface area (Å²) < 4.78 is 16.7. The van der Waals surface area contributed by atoms with Gasteiger partial charge in [0.05, 0.1) is 19.4 Å². The Kier molecular flexibility index (Phi) is 5.30. The van der Waals surface area contributed by atoms with E-state index in [9.17, 15) is 4.79 Å². The molecule has 0 aliphatic heterocycles. The third-order valence-electron chi connectivity index (χ3n) is 4.27. The monoisotopic (exact) mass is 356 g/mol. The van der Waals surface area contributed by atoms with Gasteiger partial charge in [-0.1, -0.05) is 6.92 Å². The van der Waals surface area contributed by atoms with Crippen LogP contribution in [0.5, 0.6) is 11.5 Å². The molecule has 1 N–H and O–H groups in total. The van der Waals surface area contributed by atoms with Crippen molar-refractivity contribution >= 4 is 12.1 Å². The molecule has 0 spiro atoms. The molecule has 1 heterocycles. The molecule has 1 aliphatic carbocycles. The summed E-state index contributed by atoms with van der Waals surface area (Å²) >= 11 is 0. The third kappa shape index (κ3) is 4.25. The van der Waals surface area contributed by atoms with Gasteiger partial charge in [0, 0.05) is 11.5 Å². The molecule has 0 saturated heterocycles. The van der Waals surface area contributed by atoms with E-state index < -0.39 is 0 Å². The number of benzene rings is 1. The van der Waals surface area contributed by atoms with E-state index in [0.29, 0.717) is 34.7 Å². The first-order chi connectivity index (χ1) is 12.5. The van der Waals surface area contributed by atoms with E-state index in [2.05, 4.69) is 17.5 Å². The summed E-state index contributed by atoms with van der Waals surface area (Å²) in [4.78, 5) is 12.3. The van der Waals surface area contributed by atoms with Gasteiger partial charge in [0.2, 0.25) is 0 Å². The number of amides is 1. The maximum Gasteiger partial charge on any atom is 0.271 e. The lowest BCUT2D eigenvalue weighted by molar-refractivity contribution is 0.0954. The first-order valence-electron chi connectivity index (χ1n) is 8.75. The maximum atomic E-state index is 12.3. The van der Waals surface area contributed by atoms with Crippen molar-refractivity contribution < 1.29 is 18.7 Å². The zero-order valence-corrected chi connectivity index (χ0v) is 15.5. The largest absolute Gasteiger partial charge is 0.493 e. The molecule has 6 nitrogen and oxygen atoms in total. The molecule has 1 aliphatic rings. The number of rotatable bonds is 7. The van der Waals surface area contributed by atoms with Crippen LogP contribution in [0.25, 0.3) is 0 Å². The first-order valence-corrected chi connectivity index (χ1v) is 8.75. The van der Waals surface area contributed by atoms with Crippen LogP contribution in [0.1, 0.15) is 55.0 Å². The van der Waals surface area contributed by atoms with Gasteiger partial charge in [-0.2, -0.15) is 5.10 Å². The average molecular weight is 356 g/mol. The van der Waals surface area contributed by atoms with E-state index in [-0.39, 0.29) is 12.0 Å². The van der Waals surface area contributed by atoms with Gasteiger partial charge in [0.15, 0.2) is 11.5 Å². The highest BCUT2D eigenvalue weighted by Gasteiger charge is 2.36. The second-order valence-corrected chi connectivity index (χ2v) is 6.79. The molecule has 1 fully saturated rings. The Balaban J connectivity index is 1.61. The summed E-state index contributed by atoms with van der Waals surface area (Å²) in [5, 5.41) is 3.97. The van der Waals surface area contributed by atoms with E-state index in [0.717, 1.165) is 5.76 Å². The molecule has 1 aromatic heterocycles. The minimum Gasteiger partial charge on any atom is -0.493 e. The highest BCUT2D eigenvalue weighted by molar-refractivity contribution is 5.95. The van der Waals surface area contributed by atoms with Crippen molar-refractivity contribution in [3.8, 4) is 11.5 Å². The molecular weight excluding hydrogens is 332 g/mol. The number of carbonyl (C=O) groups is 1. The van der Waals surface area contributed by atoms with Crippen molar-refractivity contribution in [1.29, 1.82) is 0 Å². The second kappa shape index (κ2) is 7.64. The molecule has 0 unspecified atom stereocenters. The molecule has 2 aromatic rings. The van der Waals surface area contributed by atoms with Crippen molar-refractivity contribution in [2.45, 2.75) is 39.2 Å². The minimum absolute atomic E-state index is 0.0185. The summed E-state index contributed by atoms with van der Waals surface area (Å²) in [7, 11) is 1.54. The van der Waals surface area contributed by atoms with Crippen molar-refractivity contribution in [2.75, 3.05) is 7.11 Å². The van der Waals surface area contributed by atoms with Crippen LogP contribution in [0.4, 0.5) is 0 Å². The van der Waals surface area contributed by atoms with Crippen molar-refractivity contribution in [3.63, 3.8) is 0 Å². The van der Waals surface area contributed by atoms with E-state index in [1.54, 1.807) is 18.2 Å². The van der Waals surface area contributed by atoms with Gasteiger partial charge in [0.1, 0.15) is 11.5 Å². The van der Waals surface area contributed by atoms with Gasteiger partial charge in [-0.05, 0) is 56.5 Å². The zero-order chi connectivity index (χ0) is 18.7. The SMILES string of the molecule is COc1cc(C(=O)N/N=C\c2ccc([C@H]3C[C@@H]3C)o2)ccc1OC(C)C. The summed E-state index contributed by atoms with van der Waals surface area (Å²) in [6.45, 7) is 6.06.